The van der Waals surface area contributed by atoms with Gasteiger partial charge in [-0.25, -0.2) is 4.68 Å². The van der Waals surface area contributed by atoms with Crippen LogP contribution in [0.1, 0.15) is 50.2 Å². The average Bonchev–Trinajstić information content (AvgIpc) is 3.14. The molecule has 0 bridgehead atoms. The van der Waals surface area contributed by atoms with Crippen molar-refractivity contribution in [3.8, 4) is 0 Å². The van der Waals surface area contributed by atoms with Crippen LogP contribution in [0.25, 0.3) is 0 Å². The third-order valence-electron chi connectivity index (χ3n) is 4.75. The van der Waals surface area contributed by atoms with Crippen LogP contribution < -0.4 is 10.5 Å². The van der Waals surface area contributed by atoms with Gasteiger partial charge in [-0.15, -0.1) is 0 Å². The largest absolute Gasteiger partial charge is 0.376 e. The first kappa shape index (κ1) is 19.1. The molecular formula is C18H26N6O3. The third kappa shape index (κ3) is 4.35. The van der Waals surface area contributed by atoms with Crippen molar-refractivity contribution in [3.05, 3.63) is 34.3 Å². The van der Waals surface area contributed by atoms with Gasteiger partial charge >= 0.3 is 0 Å². The summed E-state index contributed by atoms with van der Waals surface area (Å²) in [6.07, 6.45) is 3.34. The van der Waals surface area contributed by atoms with E-state index in [9.17, 15) is 9.59 Å². The SMILES string of the molecule is CC(C)c1noc(C2CCCN(C(=O)Cn3ncc(N(C)C)cc3=O)C2)n1. The van der Waals surface area contributed by atoms with Gasteiger partial charge in [0.05, 0.1) is 17.8 Å². The summed E-state index contributed by atoms with van der Waals surface area (Å²) < 4.78 is 6.59. The summed E-state index contributed by atoms with van der Waals surface area (Å²) in [4.78, 5) is 32.9. The molecule has 1 amide bonds. The Morgan fingerprint density at radius 3 is 2.81 bits per heavy atom. The molecule has 27 heavy (non-hydrogen) atoms. The van der Waals surface area contributed by atoms with E-state index in [0.29, 0.717) is 30.5 Å². The number of hydrogen-bond donors (Lipinski definition) is 0. The van der Waals surface area contributed by atoms with Gasteiger partial charge < -0.3 is 14.3 Å². The van der Waals surface area contributed by atoms with Crippen molar-refractivity contribution in [2.75, 3.05) is 32.1 Å². The zero-order valence-corrected chi connectivity index (χ0v) is 16.3. The summed E-state index contributed by atoms with van der Waals surface area (Å²) in [6.45, 7) is 5.13. The molecule has 0 aromatic carbocycles. The lowest BCUT2D eigenvalue weighted by atomic mass is 9.98. The lowest BCUT2D eigenvalue weighted by Gasteiger charge is -2.31. The highest BCUT2D eigenvalue weighted by atomic mass is 16.5. The van der Waals surface area contributed by atoms with Crippen LogP contribution in [0.15, 0.2) is 21.6 Å². The van der Waals surface area contributed by atoms with E-state index in [2.05, 4.69) is 15.2 Å². The Labute approximate surface area is 158 Å². The Hall–Kier alpha value is -2.71. The summed E-state index contributed by atoms with van der Waals surface area (Å²) in [6, 6.07) is 1.48. The number of nitrogens with zero attached hydrogens (tertiary/aromatic N) is 6. The standard InChI is InChI=1S/C18H26N6O3/c1-12(2)17-20-18(27-21-17)13-6-5-7-23(10-13)16(26)11-24-15(25)8-14(9-19-24)22(3)4/h8-9,12-13H,5-7,10-11H2,1-4H3. The van der Waals surface area contributed by atoms with Crippen molar-refractivity contribution in [2.45, 2.75) is 45.1 Å². The fraction of sp³-hybridized carbons (Fsp3) is 0.611. The van der Waals surface area contributed by atoms with Crippen molar-refractivity contribution >= 4 is 11.6 Å². The number of rotatable bonds is 5. The van der Waals surface area contributed by atoms with E-state index in [1.807, 2.05) is 27.9 Å². The van der Waals surface area contributed by atoms with Gasteiger partial charge in [0.25, 0.3) is 5.56 Å². The second kappa shape index (κ2) is 7.89. The Kier molecular flexibility index (Phi) is 5.57. The van der Waals surface area contributed by atoms with Crippen LogP contribution in [0.4, 0.5) is 5.69 Å². The van der Waals surface area contributed by atoms with Crippen molar-refractivity contribution in [3.63, 3.8) is 0 Å². The maximum Gasteiger partial charge on any atom is 0.269 e. The van der Waals surface area contributed by atoms with Crippen LogP contribution in [0, 0.1) is 0 Å². The van der Waals surface area contributed by atoms with Gasteiger partial charge in [0.15, 0.2) is 5.82 Å². The molecule has 1 unspecified atom stereocenters. The minimum Gasteiger partial charge on any atom is -0.376 e. The van der Waals surface area contributed by atoms with Gasteiger partial charge in [0, 0.05) is 39.2 Å². The molecule has 3 rings (SSSR count). The first-order chi connectivity index (χ1) is 12.8. The highest BCUT2D eigenvalue weighted by Crippen LogP contribution is 2.26. The van der Waals surface area contributed by atoms with E-state index in [-0.39, 0.29) is 29.8 Å². The molecule has 1 saturated heterocycles. The smallest absolute Gasteiger partial charge is 0.269 e. The highest BCUT2D eigenvalue weighted by molar-refractivity contribution is 5.76. The molecule has 0 radical (unpaired) electrons. The molecule has 2 aromatic heterocycles. The molecule has 3 heterocycles. The molecule has 146 valence electrons. The zero-order valence-electron chi connectivity index (χ0n) is 16.3. The number of amides is 1. The second-order valence-electron chi connectivity index (χ2n) is 7.43. The van der Waals surface area contributed by atoms with Crippen molar-refractivity contribution < 1.29 is 9.32 Å². The van der Waals surface area contributed by atoms with Gasteiger partial charge in [-0.2, -0.15) is 10.1 Å². The number of hydrogen-bond acceptors (Lipinski definition) is 7. The van der Waals surface area contributed by atoms with E-state index >= 15 is 0 Å². The van der Waals surface area contributed by atoms with E-state index in [4.69, 9.17) is 4.52 Å². The van der Waals surface area contributed by atoms with Gasteiger partial charge in [-0.3, -0.25) is 9.59 Å². The van der Waals surface area contributed by atoms with Crippen LogP contribution in [0.2, 0.25) is 0 Å². The van der Waals surface area contributed by atoms with E-state index in [1.165, 1.54) is 10.7 Å². The highest BCUT2D eigenvalue weighted by Gasteiger charge is 2.29. The maximum atomic E-state index is 12.7. The molecule has 9 heteroatoms. The Balaban J connectivity index is 1.67. The van der Waals surface area contributed by atoms with Gasteiger partial charge in [-0.1, -0.05) is 19.0 Å². The fourth-order valence-electron chi connectivity index (χ4n) is 3.07. The second-order valence-corrected chi connectivity index (χ2v) is 7.43. The molecule has 1 fully saturated rings. The van der Waals surface area contributed by atoms with Crippen LogP contribution in [0.3, 0.4) is 0 Å². The van der Waals surface area contributed by atoms with Crippen LogP contribution in [0.5, 0.6) is 0 Å². The first-order valence-electron chi connectivity index (χ1n) is 9.21. The molecule has 2 aromatic rings. The Bertz CT molecular complexity index is 857. The minimum absolute atomic E-state index is 0.0310. The quantitative estimate of drug-likeness (QED) is 0.776. The van der Waals surface area contributed by atoms with E-state index < -0.39 is 0 Å². The molecule has 9 nitrogen and oxygen atoms in total. The van der Waals surface area contributed by atoms with Gasteiger partial charge in [0.1, 0.15) is 6.54 Å². The predicted octanol–water partition coefficient (Wildman–Crippen LogP) is 1.22. The summed E-state index contributed by atoms with van der Waals surface area (Å²) in [5.41, 5.74) is 0.417. The van der Waals surface area contributed by atoms with E-state index in [0.717, 1.165) is 12.8 Å². The van der Waals surface area contributed by atoms with Gasteiger partial charge in [0.2, 0.25) is 11.8 Å². The van der Waals surface area contributed by atoms with Crippen molar-refractivity contribution in [1.82, 2.24) is 24.8 Å². The van der Waals surface area contributed by atoms with Crippen molar-refractivity contribution in [1.29, 1.82) is 0 Å². The monoisotopic (exact) mass is 374 g/mol. The van der Waals surface area contributed by atoms with E-state index in [1.54, 1.807) is 16.0 Å². The lowest BCUT2D eigenvalue weighted by Crippen LogP contribution is -2.42. The molecule has 1 aliphatic heterocycles. The summed E-state index contributed by atoms with van der Waals surface area (Å²) in [5.74, 6) is 1.37. The topological polar surface area (TPSA) is 97.4 Å². The number of carbonyl (C=O) groups is 1. The number of carbonyl (C=O) groups excluding carboxylic acids is 1. The normalized spacial score (nSPS) is 17.4. The van der Waals surface area contributed by atoms with Gasteiger partial charge in [-0.05, 0) is 12.8 Å². The molecule has 1 atom stereocenters. The number of piperidine rings is 1. The number of anilines is 1. The minimum atomic E-state index is -0.290. The van der Waals surface area contributed by atoms with Crippen LogP contribution in [-0.2, 0) is 11.3 Å². The summed E-state index contributed by atoms with van der Waals surface area (Å²) in [5, 5.41) is 8.12. The molecule has 0 N–H and O–H groups in total. The third-order valence-corrected chi connectivity index (χ3v) is 4.75. The zero-order chi connectivity index (χ0) is 19.6. The summed E-state index contributed by atoms with van der Waals surface area (Å²) in [7, 11) is 3.67. The van der Waals surface area contributed by atoms with Crippen LogP contribution >= 0.6 is 0 Å². The summed E-state index contributed by atoms with van der Waals surface area (Å²) >= 11 is 0. The maximum absolute atomic E-state index is 12.7. The molecular weight excluding hydrogens is 348 g/mol. The predicted molar refractivity (Wildman–Crippen MR) is 99.8 cm³/mol. The first-order valence-corrected chi connectivity index (χ1v) is 9.21. The molecule has 0 aliphatic carbocycles. The number of aromatic nitrogens is 4. The molecule has 1 aliphatic rings. The van der Waals surface area contributed by atoms with Crippen LogP contribution in [-0.4, -0.2) is 57.9 Å². The lowest BCUT2D eigenvalue weighted by molar-refractivity contribution is -0.133. The number of likely N-dealkylation sites (tertiary alicyclic amines) is 1. The Morgan fingerprint density at radius 2 is 2.19 bits per heavy atom. The average molecular weight is 374 g/mol. The van der Waals surface area contributed by atoms with Crippen molar-refractivity contribution in [2.24, 2.45) is 0 Å². The molecule has 0 spiro atoms. The fourth-order valence-corrected chi connectivity index (χ4v) is 3.07. The molecule has 0 saturated carbocycles. The Morgan fingerprint density at radius 1 is 1.41 bits per heavy atom.